The van der Waals surface area contributed by atoms with Gasteiger partial charge in [0.1, 0.15) is 0 Å². The Bertz CT molecular complexity index is 328. The molecule has 19 heavy (non-hydrogen) atoms. The van der Waals surface area contributed by atoms with Crippen molar-refractivity contribution >= 4 is 5.91 Å². The normalized spacial score (nSPS) is 29.8. The maximum absolute atomic E-state index is 11.6. The Kier molecular flexibility index (Phi) is 5.56. The lowest BCUT2D eigenvalue weighted by molar-refractivity contribution is -0.120. The van der Waals surface area contributed by atoms with E-state index in [2.05, 4.69) is 38.0 Å². The van der Waals surface area contributed by atoms with Crippen molar-refractivity contribution < 1.29 is 9.90 Å². The van der Waals surface area contributed by atoms with Crippen molar-refractivity contribution in [2.45, 2.75) is 45.6 Å². The molecule has 1 saturated carbocycles. The summed E-state index contributed by atoms with van der Waals surface area (Å²) in [6.45, 7) is 11.0. The maximum atomic E-state index is 11.6. The zero-order chi connectivity index (χ0) is 14.5. The summed E-state index contributed by atoms with van der Waals surface area (Å²) in [7, 11) is 0. The van der Waals surface area contributed by atoms with Crippen LogP contribution in [0.4, 0.5) is 0 Å². The summed E-state index contributed by atoms with van der Waals surface area (Å²) >= 11 is 0. The van der Waals surface area contributed by atoms with Crippen molar-refractivity contribution in [1.29, 1.82) is 0 Å². The Morgan fingerprint density at radius 1 is 1.47 bits per heavy atom. The monoisotopic (exact) mass is 268 g/mol. The highest BCUT2D eigenvalue weighted by Crippen LogP contribution is 2.43. The fraction of sp³-hybridized carbons (Fsp3) is 0.800. The van der Waals surface area contributed by atoms with Crippen molar-refractivity contribution in [2.75, 3.05) is 19.7 Å². The maximum Gasteiger partial charge on any atom is 0.234 e. The van der Waals surface area contributed by atoms with Gasteiger partial charge in [-0.2, -0.15) is 0 Å². The smallest absolute Gasteiger partial charge is 0.234 e. The number of aliphatic hydroxyl groups excluding tert-OH is 1. The lowest BCUT2D eigenvalue weighted by atomic mass is 9.64. The zero-order valence-electron chi connectivity index (χ0n) is 12.5. The molecule has 1 aliphatic rings. The average molecular weight is 268 g/mol. The minimum atomic E-state index is -0.327. The van der Waals surface area contributed by atoms with Crippen LogP contribution in [0.5, 0.6) is 0 Å². The molecule has 110 valence electrons. The minimum absolute atomic E-state index is 0.0521. The Morgan fingerprint density at radius 3 is 2.68 bits per heavy atom. The molecule has 0 aromatic heterocycles. The molecule has 0 radical (unpaired) electrons. The molecule has 0 saturated heterocycles. The second-order valence-electron chi connectivity index (χ2n) is 6.74. The summed E-state index contributed by atoms with van der Waals surface area (Å²) in [5.74, 6) is 0.503. The number of amides is 1. The van der Waals surface area contributed by atoms with E-state index in [0.29, 0.717) is 12.5 Å². The van der Waals surface area contributed by atoms with Gasteiger partial charge >= 0.3 is 0 Å². The summed E-state index contributed by atoms with van der Waals surface area (Å²) < 4.78 is 0. The van der Waals surface area contributed by atoms with Gasteiger partial charge in [-0.05, 0) is 30.6 Å². The van der Waals surface area contributed by atoms with E-state index in [0.717, 1.165) is 12.8 Å². The van der Waals surface area contributed by atoms with Gasteiger partial charge in [0, 0.05) is 12.1 Å². The van der Waals surface area contributed by atoms with Crippen molar-refractivity contribution in [3.63, 3.8) is 0 Å². The van der Waals surface area contributed by atoms with E-state index in [1.807, 2.05) is 0 Å². The molecule has 3 N–H and O–H groups in total. The largest absolute Gasteiger partial charge is 0.394 e. The Balaban J connectivity index is 2.60. The lowest BCUT2D eigenvalue weighted by Crippen LogP contribution is -2.57. The van der Waals surface area contributed by atoms with Gasteiger partial charge < -0.3 is 15.7 Å². The highest BCUT2D eigenvalue weighted by Gasteiger charge is 2.42. The third kappa shape index (κ3) is 4.96. The average Bonchev–Trinajstić information content (AvgIpc) is 2.31. The zero-order valence-corrected chi connectivity index (χ0v) is 12.5. The predicted molar refractivity (Wildman–Crippen MR) is 77.8 cm³/mol. The van der Waals surface area contributed by atoms with E-state index in [4.69, 9.17) is 0 Å². The first kappa shape index (κ1) is 16.2. The van der Waals surface area contributed by atoms with Gasteiger partial charge in [-0.3, -0.25) is 4.79 Å². The molecule has 0 bridgehead atoms. The van der Waals surface area contributed by atoms with Crippen LogP contribution in [-0.4, -0.2) is 36.2 Å². The number of carbonyl (C=O) groups excluding carboxylic acids is 1. The molecule has 1 fully saturated rings. The first-order valence-corrected chi connectivity index (χ1v) is 7.06. The van der Waals surface area contributed by atoms with Crippen molar-refractivity contribution in [3.8, 4) is 0 Å². The standard InChI is InChI=1S/C15H28N2O2/c1-5-6-16-13(19)9-17-15(11-18)8-12(2)7-14(3,4)10-15/h5,12,17-18H,1,6-11H2,2-4H3,(H,16,19)/t12-,15-/m0/s1. The Labute approximate surface area is 116 Å². The van der Waals surface area contributed by atoms with Gasteiger partial charge in [-0.15, -0.1) is 6.58 Å². The summed E-state index contributed by atoms with van der Waals surface area (Å²) in [5, 5.41) is 15.8. The predicted octanol–water partition coefficient (Wildman–Crippen LogP) is 1.46. The quantitative estimate of drug-likeness (QED) is 0.639. The lowest BCUT2D eigenvalue weighted by Gasteiger charge is -2.47. The van der Waals surface area contributed by atoms with Crippen LogP contribution < -0.4 is 10.6 Å². The number of carbonyl (C=O) groups is 1. The van der Waals surface area contributed by atoms with Crippen LogP contribution in [0, 0.1) is 11.3 Å². The van der Waals surface area contributed by atoms with Crippen LogP contribution in [0.2, 0.25) is 0 Å². The van der Waals surface area contributed by atoms with Gasteiger partial charge in [0.15, 0.2) is 0 Å². The molecule has 0 aromatic rings. The Morgan fingerprint density at radius 2 is 2.16 bits per heavy atom. The van der Waals surface area contributed by atoms with Gasteiger partial charge in [0.05, 0.1) is 13.2 Å². The van der Waals surface area contributed by atoms with Crippen LogP contribution >= 0.6 is 0 Å². The molecule has 1 aliphatic carbocycles. The summed E-state index contributed by atoms with van der Waals surface area (Å²) in [6.07, 6.45) is 4.64. The SMILES string of the molecule is C=CCNC(=O)CN[C@@]1(CO)C[C@@H](C)CC(C)(C)C1. The Hall–Kier alpha value is -0.870. The van der Waals surface area contributed by atoms with Crippen molar-refractivity contribution in [1.82, 2.24) is 10.6 Å². The topological polar surface area (TPSA) is 61.4 Å². The van der Waals surface area contributed by atoms with E-state index in [1.165, 1.54) is 6.42 Å². The fourth-order valence-corrected chi connectivity index (χ4v) is 3.57. The molecule has 0 heterocycles. The van der Waals surface area contributed by atoms with E-state index >= 15 is 0 Å². The number of nitrogens with one attached hydrogen (secondary N) is 2. The fourth-order valence-electron chi connectivity index (χ4n) is 3.57. The van der Waals surface area contributed by atoms with Gasteiger partial charge in [0.25, 0.3) is 0 Å². The summed E-state index contributed by atoms with van der Waals surface area (Å²) in [4.78, 5) is 11.6. The molecule has 1 rings (SSSR count). The van der Waals surface area contributed by atoms with Crippen LogP contribution in [-0.2, 0) is 4.79 Å². The highest BCUT2D eigenvalue weighted by atomic mass is 16.3. The summed E-state index contributed by atoms with van der Waals surface area (Å²) in [5.41, 5.74) is -0.127. The van der Waals surface area contributed by atoms with Crippen LogP contribution in [0.15, 0.2) is 12.7 Å². The molecule has 4 heteroatoms. The molecule has 0 unspecified atom stereocenters. The molecular weight excluding hydrogens is 240 g/mol. The third-order valence-electron chi connectivity index (χ3n) is 3.83. The molecule has 4 nitrogen and oxygen atoms in total. The van der Waals surface area contributed by atoms with E-state index in [9.17, 15) is 9.90 Å². The van der Waals surface area contributed by atoms with Crippen LogP contribution in [0.3, 0.4) is 0 Å². The molecule has 2 atom stereocenters. The second kappa shape index (κ2) is 6.53. The first-order valence-electron chi connectivity index (χ1n) is 7.06. The molecular formula is C15H28N2O2. The van der Waals surface area contributed by atoms with Gasteiger partial charge in [0.2, 0.25) is 5.91 Å². The van der Waals surface area contributed by atoms with Crippen molar-refractivity contribution in [3.05, 3.63) is 12.7 Å². The van der Waals surface area contributed by atoms with Crippen LogP contribution in [0.1, 0.15) is 40.0 Å². The number of rotatable bonds is 6. The molecule has 0 spiro atoms. The first-order chi connectivity index (χ1) is 8.82. The molecule has 0 aliphatic heterocycles. The van der Waals surface area contributed by atoms with Crippen molar-refractivity contribution in [2.24, 2.45) is 11.3 Å². The van der Waals surface area contributed by atoms with Gasteiger partial charge in [-0.25, -0.2) is 0 Å². The summed E-state index contributed by atoms with van der Waals surface area (Å²) in [6, 6.07) is 0. The number of aliphatic hydroxyl groups is 1. The molecule has 1 amide bonds. The van der Waals surface area contributed by atoms with Gasteiger partial charge in [-0.1, -0.05) is 26.8 Å². The number of hydrogen-bond acceptors (Lipinski definition) is 3. The van der Waals surface area contributed by atoms with E-state index in [-0.39, 0.29) is 30.0 Å². The van der Waals surface area contributed by atoms with E-state index < -0.39 is 0 Å². The minimum Gasteiger partial charge on any atom is -0.394 e. The van der Waals surface area contributed by atoms with Crippen LogP contribution in [0.25, 0.3) is 0 Å². The third-order valence-corrected chi connectivity index (χ3v) is 3.83. The second-order valence-corrected chi connectivity index (χ2v) is 6.74. The number of hydrogen-bond donors (Lipinski definition) is 3. The van der Waals surface area contributed by atoms with E-state index in [1.54, 1.807) is 6.08 Å². The molecule has 0 aromatic carbocycles. The highest BCUT2D eigenvalue weighted by molar-refractivity contribution is 5.78.